The number of nitro benzene ring substituents is 1. The Hall–Kier alpha value is -2.50. The highest BCUT2D eigenvalue weighted by Crippen LogP contribution is 2.32. The highest BCUT2D eigenvalue weighted by Gasteiger charge is 2.29. The second-order valence-corrected chi connectivity index (χ2v) is 8.24. The number of morpholine rings is 1. The lowest BCUT2D eigenvalue weighted by atomic mass is 10.2. The van der Waals surface area contributed by atoms with E-state index in [4.69, 9.17) is 4.74 Å². The molecule has 0 aliphatic carbocycles. The molecule has 1 aromatic heterocycles. The van der Waals surface area contributed by atoms with Crippen molar-refractivity contribution in [3.05, 3.63) is 46.3 Å². The Balaban J connectivity index is 1.91. The maximum atomic E-state index is 12.8. The highest BCUT2D eigenvalue weighted by atomic mass is 32.2. The average Bonchev–Trinajstić information content (AvgIpc) is 3.06. The van der Waals surface area contributed by atoms with Gasteiger partial charge in [0.25, 0.3) is 5.69 Å². The molecule has 0 unspecified atom stereocenters. The molecule has 3 rings (SSSR count). The van der Waals surface area contributed by atoms with Crippen LogP contribution in [0.5, 0.6) is 0 Å². The molecule has 1 saturated heterocycles. The highest BCUT2D eigenvalue weighted by molar-refractivity contribution is 7.89. The summed E-state index contributed by atoms with van der Waals surface area (Å²) in [6.07, 6.45) is 3.50. The van der Waals surface area contributed by atoms with Gasteiger partial charge in [0.05, 0.1) is 29.2 Å². The summed E-state index contributed by atoms with van der Waals surface area (Å²) in [4.78, 5) is 12.6. The average molecular weight is 395 g/mol. The summed E-state index contributed by atoms with van der Waals surface area (Å²) in [5.74, 6) is 0. The van der Waals surface area contributed by atoms with Crippen molar-refractivity contribution in [1.82, 2.24) is 14.1 Å². The van der Waals surface area contributed by atoms with Crippen molar-refractivity contribution >= 4 is 21.4 Å². The molecule has 0 saturated carbocycles. The third-order valence-corrected chi connectivity index (χ3v) is 6.24. The number of aryl methyl sites for hydroxylation is 1. The van der Waals surface area contributed by atoms with E-state index in [0.29, 0.717) is 25.4 Å². The van der Waals surface area contributed by atoms with Crippen LogP contribution in [0.25, 0.3) is 0 Å². The van der Waals surface area contributed by atoms with Crippen molar-refractivity contribution < 1.29 is 18.1 Å². The molecule has 10 nitrogen and oxygen atoms in total. The van der Waals surface area contributed by atoms with E-state index in [9.17, 15) is 18.5 Å². The zero-order chi connectivity index (χ0) is 19.6. The number of hydrogen-bond acceptors (Lipinski definition) is 7. The number of hydrogen-bond donors (Lipinski definition) is 0. The van der Waals surface area contributed by atoms with Crippen LogP contribution in [0.1, 0.15) is 5.56 Å². The largest absolute Gasteiger partial charge is 0.379 e. The van der Waals surface area contributed by atoms with Crippen molar-refractivity contribution in [2.75, 3.05) is 38.3 Å². The maximum absolute atomic E-state index is 12.8. The second-order valence-electron chi connectivity index (χ2n) is 6.30. The quantitative estimate of drug-likeness (QED) is 0.530. The summed E-state index contributed by atoms with van der Waals surface area (Å²) in [5.41, 5.74) is 0.972. The molecule has 0 atom stereocenters. The minimum Gasteiger partial charge on any atom is -0.379 e. The fraction of sp³-hybridized carbons (Fsp3) is 0.438. The first-order valence-electron chi connectivity index (χ1n) is 8.34. The zero-order valence-corrected chi connectivity index (χ0v) is 15.9. The van der Waals surface area contributed by atoms with Crippen molar-refractivity contribution in [3.63, 3.8) is 0 Å². The van der Waals surface area contributed by atoms with Crippen LogP contribution in [0, 0.1) is 10.1 Å². The van der Waals surface area contributed by atoms with E-state index < -0.39 is 14.9 Å². The molecule has 1 aromatic carbocycles. The standard InChI is InChI=1S/C16H21N5O5S/c1-18(11-13-10-17-19(2)12-13)15-4-3-14(9-16(15)21(22)23)27(24,25)20-5-7-26-8-6-20/h3-4,9-10,12H,5-8,11H2,1-2H3. The number of nitrogens with zero attached hydrogens (tertiary/aromatic N) is 5. The molecule has 0 amide bonds. The molecule has 146 valence electrons. The smallest absolute Gasteiger partial charge is 0.293 e. The molecule has 0 bridgehead atoms. The lowest BCUT2D eigenvalue weighted by molar-refractivity contribution is -0.384. The number of sulfonamides is 1. The Morgan fingerprint density at radius 1 is 1.33 bits per heavy atom. The first kappa shape index (κ1) is 19.3. The lowest BCUT2D eigenvalue weighted by Crippen LogP contribution is -2.40. The van der Waals surface area contributed by atoms with E-state index in [0.717, 1.165) is 11.6 Å². The zero-order valence-electron chi connectivity index (χ0n) is 15.1. The van der Waals surface area contributed by atoms with Crippen molar-refractivity contribution in [2.45, 2.75) is 11.4 Å². The van der Waals surface area contributed by atoms with Gasteiger partial charge in [-0.3, -0.25) is 14.8 Å². The minimum atomic E-state index is -3.80. The van der Waals surface area contributed by atoms with Gasteiger partial charge in [0, 0.05) is 51.6 Å². The molecule has 1 aliphatic heterocycles. The summed E-state index contributed by atoms with van der Waals surface area (Å²) in [6.45, 7) is 1.50. The molecule has 2 aromatic rings. The van der Waals surface area contributed by atoms with Gasteiger partial charge in [-0.15, -0.1) is 0 Å². The van der Waals surface area contributed by atoms with Gasteiger partial charge in [-0.2, -0.15) is 9.40 Å². The number of ether oxygens (including phenoxy) is 1. The van der Waals surface area contributed by atoms with E-state index in [1.54, 1.807) is 29.9 Å². The molecule has 0 N–H and O–H groups in total. The number of nitro groups is 1. The normalized spacial score (nSPS) is 15.6. The molecule has 0 radical (unpaired) electrons. The number of benzene rings is 1. The Morgan fingerprint density at radius 2 is 2.04 bits per heavy atom. The van der Waals surface area contributed by atoms with Gasteiger partial charge in [-0.1, -0.05) is 0 Å². The van der Waals surface area contributed by atoms with Gasteiger partial charge >= 0.3 is 0 Å². The van der Waals surface area contributed by atoms with Crippen LogP contribution in [-0.2, 0) is 28.4 Å². The van der Waals surface area contributed by atoms with Crippen molar-refractivity contribution in [2.24, 2.45) is 7.05 Å². The second kappa shape index (κ2) is 7.62. The van der Waals surface area contributed by atoms with Gasteiger partial charge in [0.1, 0.15) is 5.69 Å². The molecule has 1 fully saturated rings. The Morgan fingerprint density at radius 3 is 2.63 bits per heavy atom. The number of aromatic nitrogens is 2. The van der Waals surface area contributed by atoms with Crippen LogP contribution < -0.4 is 4.90 Å². The van der Waals surface area contributed by atoms with Crippen LogP contribution in [-0.4, -0.2) is 60.8 Å². The van der Waals surface area contributed by atoms with Crippen LogP contribution in [0.2, 0.25) is 0 Å². The van der Waals surface area contributed by atoms with Gasteiger partial charge in [0.2, 0.25) is 10.0 Å². The maximum Gasteiger partial charge on any atom is 0.293 e. The summed E-state index contributed by atoms with van der Waals surface area (Å²) in [7, 11) is -0.296. The minimum absolute atomic E-state index is 0.0883. The third-order valence-electron chi connectivity index (χ3n) is 4.34. The van der Waals surface area contributed by atoms with Crippen molar-refractivity contribution in [3.8, 4) is 0 Å². The summed E-state index contributed by atoms with van der Waals surface area (Å²) < 4.78 is 33.6. The molecule has 27 heavy (non-hydrogen) atoms. The lowest BCUT2D eigenvalue weighted by Gasteiger charge is -2.26. The Kier molecular flexibility index (Phi) is 5.44. The first-order chi connectivity index (χ1) is 12.8. The van der Waals surface area contributed by atoms with Crippen LogP contribution in [0.15, 0.2) is 35.5 Å². The van der Waals surface area contributed by atoms with Crippen molar-refractivity contribution in [1.29, 1.82) is 0 Å². The molecule has 11 heteroatoms. The summed E-state index contributed by atoms with van der Waals surface area (Å²) in [6, 6.07) is 4.01. The van der Waals surface area contributed by atoms with Gasteiger partial charge in [0.15, 0.2) is 0 Å². The van der Waals surface area contributed by atoms with Gasteiger partial charge in [-0.25, -0.2) is 8.42 Å². The number of anilines is 1. The predicted molar refractivity (Wildman–Crippen MR) is 98.0 cm³/mol. The fourth-order valence-corrected chi connectivity index (χ4v) is 4.41. The predicted octanol–water partition coefficient (Wildman–Crippen LogP) is 0.986. The van der Waals surface area contributed by atoms with E-state index in [1.807, 2.05) is 6.20 Å². The third kappa shape index (κ3) is 4.10. The molecule has 0 spiro atoms. The van der Waals surface area contributed by atoms with E-state index in [-0.39, 0.29) is 23.7 Å². The van der Waals surface area contributed by atoms with Crippen LogP contribution in [0.3, 0.4) is 0 Å². The Labute approximate surface area is 157 Å². The van der Waals surface area contributed by atoms with E-state index >= 15 is 0 Å². The first-order valence-corrected chi connectivity index (χ1v) is 9.78. The van der Waals surface area contributed by atoms with Gasteiger partial charge in [-0.05, 0) is 12.1 Å². The van der Waals surface area contributed by atoms with Crippen LogP contribution >= 0.6 is 0 Å². The SMILES string of the molecule is CN(Cc1cnn(C)c1)c1ccc(S(=O)(=O)N2CCOCC2)cc1[N+](=O)[O-]. The molecular weight excluding hydrogens is 374 g/mol. The summed E-state index contributed by atoms with van der Waals surface area (Å²) >= 11 is 0. The number of rotatable bonds is 6. The molecular formula is C16H21N5O5S. The van der Waals surface area contributed by atoms with Crippen LogP contribution in [0.4, 0.5) is 11.4 Å². The molecule has 1 aliphatic rings. The van der Waals surface area contributed by atoms with E-state index in [1.165, 1.54) is 16.4 Å². The summed E-state index contributed by atoms with van der Waals surface area (Å²) in [5, 5.41) is 15.7. The fourth-order valence-electron chi connectivity index (χ4n) is 2.98. The Bertz CT molecular complexity index is 936. The van der Waals surface area contributed by atoms with Gasteiger partial charge < -0.3 is 9.64 Å². The molecule has 2 heterocycles. The monoisotopic (exact) mass is 395 g/mol. The van der Waals surface area contributed by atoms with E-state index in [2.05, 4.69) is 5.10 Å². The topological polar surface area (TPSA) is 111 Å².